The third-order valence-electron chi connectivity index (χ3n) is 7.68. The van der Waals surface area contributed by atoms with E-state index >= 15 is 0 Å². The summed E-state index contributed by atoms with van der Waals surface area (Å²) in [4.78, 5) is 4.49. The smallest absolute Gasteiger partial charge is 0.123 e. The average Bonchev–Trinajstić information content (AvgIpc) is 3.64. The number of nitrogens with zero attached hydrogens (tertiary/aromatic N) is 3. The van der Waals surface area contributed by atoms with Crippen LogP contribution in [0.25, 0.3) is 10.9 Å². The zero-order valence-electron chi connectivity index (χ0n) is 22.4. The fraction of sp³-hybridized carbons (Fsp3) is 0.379. The molecule has 6 rings (SSSR count). The van der Waals surface area contributed by atoms with Crippen molar-refractivity contribution in [3.63, 3.8) is 0 Å². The van der Waals surface area contributed by atoms with E-state index in [1.807, 2.05) is 17.3 Å². The summed E-state index contributed by atoms with van der Waals surface area (Å²) in [6.45, 7) is 4.76. The van der Waals surface area contributed by atoms with Crippen LogP contribution in [-0.2, 0) is 10.2 Å². The van der Waals surface area contributed by atoms with Crippen molar-refractivity contribution in [2.24, 2.45) is 0 Å². The number of benzene rings is 2. The molecule has 4 N–H and O–H groups in total. The summed E-state index contributed by atoms with van der Waals surface area (Å²) in [6, 6.07) is 12.5. The van der Waals surface area contributed by atoms with Crippen LogP contribution in [0.15, 0.2) is 54.5 Å². The van der Waals surface area contributed by atoms with E-state index in [0.29, 0.717) is 56.8 Å². The first-order valence-electron chi connectivity index (χ1n) is 13.4. The maximum Gasteiger partial charge on any atom is 0.123 e. The Bertz CT molecular complexity index is 1520. The van der Waals surface area contributed by atoms with Gasteiger partial charge in [0.05, 0.1) is 38.5 Å². The molecule has 1 aliphatic carbocycles. The number of halogens is 2. The van der Waals surface area contributed by atoms with Crippen LogP contribution >= 0.6 is 11.6 Å². The lowest BCUT2D eigenvalue weighted by Gasteiger charge is -2.36. The number of rotatable bonds is 7. The number of nitrogens with one attached hydrogen (secondary N) is 4. The summed E-state index contributed by atoms with van der Waals surface area (Å²) in [5.41, 5.74) is 8.41. The number of hydrogen-bond acceptors (Lipinski definition) is 8. The van der Waals surface area contributed by atoms with Crippen molar-refractivity contribution in [3.8, 4) is 6.07 Å². The van der Waals surface area contributed by atoms with Gasteiger partial charge in [-0.1, -0.05) is 23.7 Å². The van der Waals surface area contributed by atoms with Gasteiger partial charge in [-0.3, -0.25) is 9.99 Å². The standard InChI is InChI=1S/C29H30BClFN7O/c1-28(2)13-20(9-10-40-28)35-26-17(14-33)15-34-27-23(26)11-21(12-24(27)31)36-29(30,18-3-5-19(32)6-4-18)25-16-39(38-37-25)22-7-8-22/h3-6,11-12,15-16,20,22,36-38H,7-10,13H2,1-2H3,(H,34,35). The summed E-state index contributed by atoms with van der Waals surface area (Å²) in [6.07, 6.45) is 7.26. The monoisotopic (exact) mass is 557 g/mol. The van der Waals surface area contributed by atoms with Gasteiger partial charge in [-0.15, -0.1) is 5.53 Å². The fourth-order valence-electron chi connectivity index (χ4n) is 5.44. The molecule has 3 aliphatic rings. The molecule has 2 unspecified atom stereocenters. The van der Waals surface area contributed by atoms with Gasteiger partial charge in [-0.05, 0) is 69.4 Å². The molecule has 3 aromatic rings. The predicted molar refractivity (Wildman–Crippen MR) is 155 cm³/mol. The molecule has 204 valence electrons. The number of pyridine rings is 1. The molecule has 11 heteroatoms. The van der Waals surface area contributed by atoms with Crippen molar-refractivity contribution >= 4 is 41.7 Å². The third-order valence-corrected chi connectivity index (χ3v) is 7.97. The lowest BCUT2D eigenvalue weighted by Crippen LogP contribution is -2.45. The molecule has 2 radical (unpaired) electrons. The molecule has 2 aliphatic heterocycles. The molecular weight excluding hydrogens is 528 g/mol. The highest BCUT2D eigenvalue weighted by Gasteiger charge is 2.38. The van der Waals surface area contributed by atoms with Gasteiger partial charge in [0.1, 0.15) is 19.7 Å². The molecule has 1 saturated heterocycles. The first kappa shape index (κ1) is 26.7. The Morgan fingerprint density at radius 3 is 2.73 bits per heavy atom. The van der Waals surface area contributed by atoms with Crippen molar-refractivity contribution in [1.29, 1.82) is 5.26 Å². The summed E-state index contributed by atoms with van der Waals surface area (Å²) < 4.78 is 19.8. The van der Waals surface area contributed by atoms with Crippen LogP contribution in [0.4, 0.5) is 15.8 Å². The second-order valence-electron chi connectivity index (χ2n) is 11.3. The van der Waals surface area contributed by atoms with E-state index in [4.69, 9.17) is 24.2 Å². The van der Waals surface area contributed by atoms with Gasteiger partial charge in [0.25, 0.3) is 0 Å². The van der Waals surface area contributed by atoms with Gasteiger partial charge >= 0.3 is 0 Å². The van der Waals surface area contributed by atoms with E-state index in [0.717, 1.165) is 25.7 Å². The highest BCUT2D eigenvalue weighted by Crippen LogP contribution is 2.39. The van der Waals surface area contributed by atoms with Gasteiger partial charge in [0, 0.05) is 42.2 Å². The topological polar surface area (TPSA) is 97.3 Å². The Morgan fingerprint density at radius 2 is 2.02 bits per heavy atom. The first-order chi connectivity index (χ1) is 19.1. The molecule has 2 atom stereocenters. The molecule has 1 aromatic heterocycles. The zero-order chi connectivity index (χ0) is 28.1. The van der Waals surface area contributed by atoms with Crippen molar-refractivity contribution < 1.29 is 9.13 Å². The van der Waals surface area contributed by atoms with Crippen molar-refractivity contribution in [1.82, 2.24) is 21.0 Å². The van der Waals surface area contributed by atoms with Crippen LogP contribution in [0.2, 0.25) is 5.02 Å². The minimum absolute atomic E-state index is 0.108. The average molecular weight is 558 g/mol. The Labute approximate surface area is 239 Å². The predicted octanol–water partition coefficient (Wildman–Crippen LogP) is 5.03. The van der Waals surface area contributed by atoms with Gasteiger partial charge in [0.15, 0.2) is 0 Å². The van der Waals surface area contributed by atoms with E-state index in [9.17, 15) is 9.65 Å². The van der Waals surface area contributed by atoms with Crippen LogP contribution < -0.4 is 21.6 Å². The molecule has 40 heavy (non-hydrogen) atoms. The van der Waals surface area contributed by atoms with Crippen LogP contribution in [0, 0.1) is 17.1 Å². The SMILES string of the molecule is [B]C(Nc1cc(Cl)c2ncc(C#N)c(NC3CCOC(C)(C)C3)c2c1)(C1=CN(C2CC2)NN1)c1ccc(F)cc1. The van der Waals surface area contributed by atoms with E-state index in [2.05, 4.69) is 46.5 Å². The number of anilines is 2. The van der Waals surface area contributed by atoms with Gasteiger partial charge in [-0.2, -0.15) is 5.26 Å². The van der Waals surface area contributed by atoms with Crippen molar-refractivity contribution in [2.45, 2.75) is 62.7 Å². The van der Waals surface area contributed by atoms with Gasteiger partial charge < -0.3 is 20.8 Å². The molecule has 2 aromatic carbocycles. The van der Waals surface area contributed by atoms with Gasteiger partial charge in [0.2, 0.25) is 0 Å². The molecule has 3 heterocycles. The summed E-state index contributed by atoms with van der Waals surface area (Å²) in [5, 5.41) is 20.1. The van der Waals surface area contributed by atoms with Crippen LogP contribution in [0.1, 0.15) is 50.7 Å². The molecule has 2 fully saturated rings. The summed E-state index contributed by atoms with van der Waals surface area (Å²) in [7, 11) is 7.09. The lowest BCUT2D eigenvalue weighted by atomic mass is 9.69. The largest absolute Gasteiger partial charge is 0.380 e. The van der Waals surface area contributed by atoms with Crippen molar-refractivity contribution in [2.75, 3.05) is 17.2 Å². The minimum atomic E-state index is -1.26. The number of nitriles is 1. The van der Waals surface area contributed by atoms with Crippen molar-refractivity contribution in [3.05, 3.63) is 76.5 Å². The van der Waals surface area contributed by atoms with Crippen LogP contribution in [-0.4, -0.2) is 42.1 Å². The zero-order valence-corrected chi connectivity index (χ0v) is 23.1. The Kier molecular flexibility index (Phi) is 6.77. The van der Waals surface area contributed by atoms with E-state index in [1.165, 1.54) is 12.1 Å². The first-order valence-corrected chi connectivity index (χ1v) is 13.8. The number of ether oxygens (including phenoxy) is 1. The van der Waals surface area contributed by atoms with Crippen LogP contribution in [0.3, 0.4) is 0 Å². The molecule has 0 bridgehead atoms. The molecule has 1 saturated carbocycles. The van der Waals surface area contributed by atoms with Gasteiger partial charge in [-0.25, -0.2) is 4.39 Å². The Balaban J connectivity index is 1.41. The number of hydrogen-bond donors (Lipinski definition) is 4. The second kappa shape index (κ2) is 10.1. The highest BCUT2D eigenvalue weighted by atomic mass is 35.5. The second-order valence-corrected chi connectivity index (χ2v) is 11.7. The maximum absolute atomic E-state index is 13.9. The number of fused-ring (bicyclic) bond motifs is 1. The molecular formula is C29H30BClFN7O. The summed E-state index contributed by atoms with van der Waals surface area (Å²) in [5.74, 6) is -0.354. The lowest BCUT2D eigenvalue weighted by molar-refractivity contribution is -0.0553. The highest BCUT2D eigenvalue weighted by molar-refractivity contribution is 6.36. The Morgan fingerprint density at radius 1 is 1.25 bits per heavy atom. The molecule has 0 amide bonds. The third kappa shape index (κ3) is 5.17. The van der Waals surface area contributed by atoms with Crippen LogP contribution in [0.5, 0.6) is 0 Å². The summed E-state index contributed by atoms with van der Waals surface area (Å²) >= 11 is 6.77. The Hall–Kier alpha value is -3.52. The normalized spacial score (nSPS) is 21.7. The maximum atomic E-state index is 13.9. The van der Waals surface area contributed by atoms with E-state index in [1.54, 1.807) is 24.4 Å². The fourth-order valence-corrected chi connectivity index (χ4v) is 5.71. The quantitative estimate of drug-likeness (QED) is 0.300. The molecule has 0 spiro atoms. The molecule has 8 nitrogen and oxygen atoms in total. The van der Waals surface area contributed by atoms with E-state index in [-0.39, 0.29) is 17.5 Å². The van der Waals surface area contributed by atoms with E-state index < -0.39 is 5.44 Å². The minimum Gasteiger partial charge on any atom is -0.380 e. The number of aromatic nitrogens is 1. The number of hydrazine groups is 2.